The van der Waals surface area contributed by atoms with E-state index in [1.807, 2.05) is 29.1 Å². The highest BCUT2D eigenvalue weighted by Gasteiger charge is 2.40. The van der Waals surface area contributed by atoms with Gasteiger partial charge < -0.3 is 0 Å². The van der Waals surface area contributed by atoms with Gasteiger partial charge in [-0.05, 0) is 61.2 Å². The highest BCUT2D eigenvalue weighted by atomic mass is 19.1. The first-order valence-electron chi connectivity index (χ1n) is 7.96. The summed E-state index contributed by atoms with van der Waals surface area (Å²) >= 11 is 0. The van der Waals surface area contributed by atoms with Crippen molar-refractivity contribution in [2.75, 3.05) is 0 Å². The fourth-order valence-electron chi connectivity index (χ4n) is 2.85. The Balaban J connectivity index is 1.79. The zero-order chi connectivity index (χ0) is 16.7. The zero-order valence-corrected chi connectivity index (χ0v) is 13.3. The summed E-state index contributed by atoms with van der Waals surface area (Å²) in [5.74, 6) is -0.260. The Hall–Kier alpha value is -2.93. The number of benzene rings is 2. The van der Waals surface area contributed by atoms with Crippen LogP contribution < -0.4 is 0 Å². The lowest BCUT2D eigenvalue weighted by atomic mass is 9.98. The van der Waals surface area contributed by atoms with Crippen LogP contribution in [-0.4, -0.2) is 9.78 Å². The molecule has 1 heterocycles. The first-order valence-corrected chi connectivity index (χ1v) is 7.96. The van der Waals surface area contributed by atoms with E-state index in [2.05, 4.69) is 18.1 Å². The van der Waals surface area contributed by atoms with Gasteiger partial charge >= 0.3 is 0 Å². The molecule has 0 aliphatic heterocycles. The highest BCUT2D eigenvalue weighted by Crippen LogP contribution is 2.42. The van der Waals surface area contributed by atoms with Crippen LogP contribution in [0.1, 0.15) is 25.3 Å². The SMILES string of the molecule is CC1(n2ccc(-c3cc(-c4ccc(F)cc4)ccc3C#N)n2)CC1. The number of hydrogen-bond donors (Lipinski definition) is 0. The van der Waals surface area contributed by atoms with Crippen LogP contribution in [-0.2, 0) is 5.54 Å². The number of nitriles is 1. The Bertz CT molecular complexity index is 944. The molecule has 1 fully saturated rings. The molecule has 118 valence electrons. The molecule has 0 atom stereocenters. The summed E-state index contributed by atoms with van der Waals surface area (Å²) in [4.78, 5) is 0. The lowest BCUT2D eigenvalue weighted by molar-refractivity contribution is 0.474. The van der Waals surface area contributed by atoms with Gasteiger partial charge in [-0.15, -0.1) is 0 Å². The summed E-state index contributed by atoms with van der Waals surface area (Å²) in [5.41, 5.74) is 4.17. The van der Waals surface area contributed by atoms with Crippen LogP contribution in [0.2, 0.25) is 0 Å². The van der Waals surface area contributed by atoms with Crippen LogP contribution in [0.3, 0.4) is 0 Å². The summed E-state index contributed by atoms with van der Waals surface area (Å²) < 4.78 is 15.1. The molecular formula is C20H16FN3. The standard InChI is InChI=1S/C20H16FN3/c1-20(9-10-20)24-11-8-19(23-24)18-12-15(2-3-16(18)13-22)14-4-6-17(21)7-5-14/h2-8,11-12H,9-10H2,1H3. The van der Waals surface area contributed by atoms with Gasteiger partial charge in [-0.2, -0.15) is 10.4 Å². The quantitative estimate of drug-likeness (QED) is 0.700. The molecule has 1 aliphatic rings. The molecule has 4 rings (SSSR count). The molecule has 1 saturated carbocycles. The maximum atomic E-state index is 13.1. The van der Waals surface area contributed by atoms with Gasteiger partial charge in [-0.1, -0.05) is 18.2 Å². The van der Waals surface area contributed by atoms with E-state index in [0.29, 0.717) is 5.56 Å². The third-order valence-corrected chi connectivity index (χ3v) is 4.71. The largest absolute Gasteiger partial charge is 0.266 e. The molecule has 1 aliphatic carbocycles. The molecule has 4 heteroatoms. The highest BCUT2D eigenvalue weighted by molar-refractivity contribution is 5.75. The summed E-state index contributed by atoms with van der Waals surface area (Å²) in [6.45, 7) is 2.18. The number of aromatic nitrogens is 2. The fraction of sp³-hybridized carbons (Fsp3) is 0.200. The van der Waals surface area contributed by atoms with E-state index in [-0.39, 0.29) is 11.4 Å². The Morgan fingerprint density at radius 3 is 2.46 bits per heavy atom. The minimum atomic E-state index is -0.260. The monoisotopic (exact) mass is 317 g/mol. The number of hydrogen-bond acceptors (Lipinski definition) is 2. The van der Waals surface area contributed by atoms with E-state index in [1.165, 1.54) is 12.1 Å². The van der Waals surface area contributed by atoms with E-state index in [0.717, 1.165) is 35.2 Å². The second-order valence-electron chi connectivity index (χ2n) is 6.52. The second kappa shape index (κ2) is 5.31. The number of halogens is 1. The fourth-order valence-corrected chi connectivity index (χ4v) is 2.85. The maximum absolute atomic E-state index is 13.1. The average molecular weight is 317 g/mol. The van der Waals surface area contributed by atoms with E-state index < -0.39 is 0 Å². The molecule has 3 nitrogen and oxygen atoms in total. The van der Waals surface area contributed by atoms with Crippen molar-refractivity contribution in [1.82, 2.24) is 9.78 Å². The van der Waals surface area contributed by atoms with E-state index >= 15 is 0 Å². The number of nitrogens with zero attached hydrogens (tertiary/aromatic N) is 3. The minimum absolute atomic E-state index is 0.125. The summed E-state index contributed by atoms with van der Waals surface area (Å²) in [6, 6.07) is 16.2. The molecule has 2 aromatic carbocycles. The molecule has 24 heavy (non-hydrogen) atoms. The lowest BCUT2D eigenvalue weighted by Crippen LogP contribution is -2.12. The van der Waals surface area contributed by atoms with Gasteiger partial charge in [0.2, 0.25) is 0 Å². The normalized spacial score (nSPS) is 15.0. The van der Waals surface area contributed by atoms with E-state index in [9.17, 15) is 9.65 Å². The first-order chi connectivity index (χ1) is 11.6. The van der Waals surface area contributed by atoms with Crippen molar-refractivity contribution in [3.63, 3.8) is 0 Å². The van der Waals surface area contributed by atoms with Crippen LogP contribution in [0.4, 0.5) is 4.39 Å². The van der Waals surface area contributed by atoms with Gasteiger partial charge in [-0.25, -0.2) is 4.39 Å². The third-order valence-electron chi connectivity index (χ3n) is 4.71. The van der Waals surface area contributed by atoms with Gasteiger partial charge in [-0.3, -0.25) is 4.68 Å². The van der Waals surface area contributed by atoms with Crippen LogP contribution in [0.5, 0.6) is 0 Å². The van der Waals surface area contributed by atoms with E-state index in [4.69, 9.17) is 0 Å². The first kappa shape index (κ1) is 14.6. The molecule has 0 amide bonds. The molecule has 0 radical (unpaired) electrons. The van der Waals surface area contributed by atoms with Crippen molar-refractivity contribution < 1.29 is 4.39 Å². The van der Waals surface area contributed by atoms with Crippen molar-refractivity contribution in [1.29, 1.82) is 5.26 Å². The molecule has 0 bridgehead atoms. The number of rotatable bonds is 3. The van der Waals surface area contributed by atoms with Crippen LogP contribution in [0, 0.1) is 17.1 Å². The molecule has 0 unspecified atom stereocenters. The van der Waals surface area contributed by atoms with Gasteiger partial charge in [0.15, 0.2) is 0 Å². The Morgan fingerprint density at radius 2 is 1.79 bits per heavy atom. The maximum Gasteiger partial charge on any atom is 0.123 e. The molecular weight excluding hydrogens is 301 g/mol. The van der Waals surface area contributed by atoms with Crippen molar-refractivity contribution in [3.05, 3.63) is 66.1 Å². The molecule has 0 spiro atoms. The van der Waals surface area contributed by atoms with Gasteiger partial charge in [0, 0.05) is 11.8 Å². The van der Waals surface area contributed by atoms with Crippen LogP contribution >= 0.6 is 0 Å². The second-order valence-corrected chi connectivity index (χ2v) is 6.52. The van der Waals surface area contributed by atoms with E-state index in [1.54, 1.807) is 18.2 Å². The Kier molecular flexibility index (Phi) is 3.24. The van der Waals surface area contributed by atoms with Gasteiger partial charge in [0.05, 0.1) is 22.9 Å². The Labute approximate surface area is 140 Å². The summed E-state index contributed by atoms with van der Waals surface area (Å²) in [5, 5.41) is 14.1. The third kappa shape index (κ3) is 2.48. The van der Waals surface area contributed by atoms with Gasteiger partial charge in [0.25, 0.3) is 0 Å². The molecule has 1 aromatic heterocycles. The predicted molar refractivity (Wildman–Crippen MR) is 90.7 cm³/mol. The Morgan fingerprint density at radius 1 is 1.08 bits per heavy atom. The van der Waals surface area contributed by atoms with Crippen molar-refractivity contribution in [2.45, 2.75) is 25.3 Å². The molecule has 0 N–H and O–H groups in total. The van der Waals surface area contributed by atoms with Crippen molar-refractivity contribution in [2.24, 2.45) is 0 Å². The minimum Gasteiger partial charge on any atom is -0.266 e. The zero-order valence-electron chi connectivity index (χ0n) is 13.3. The van der Waals surface area contributed by atoms with Crippen LogP contribution in [0.25, 0.3) is 22.4 Å². The average Bonchev–Trinajstić information content (AvgIpc) is 3.16. The summed E-state index contributed by atoms with van der Waals surface area (Å²) in [6.07, 6.45) is 4.25. The van der Waals surface area contributed by atoms with Crippen molar-refractivity contribution in [3.8, 4) is 28.5 Å². The topological polar surface area (TPSA) is 41.6 Å². The summed E-state index contributed by atoms with van der Waals surface area (Å²) in [7, 11) is 0. The predicted octanol–water partition coefficient (Wildman–Crippen LogP) is 4.74. The van der Waals surface area contributed by atoms with Crippen LogP contribution in [0.15, 0.2) is 54.7 Å². The smallest absolute Gasteiger partial charge is 0.123 e. The van der Waals surface area contributed by atoms with Crippen molar-refractivity contribution >= 4 is 0 Å². The van der Waals surface area contributed by atoms with Gasteiger partial charge in [0.1, 0.15) is 5.82 Å². The molecule has 3 aromatic rings. The molecule has 0 saturated heterocycles. The lowest BCUT2D eigenvalue weighted by Gasteiger charge is -2.09.